The molecule has 0 aliphatic carbocycles. The lowest BCUT2D eigenvalue weighted by atomic mass is 10.1. The maximum atomic E-state index is 13.7. The van der Waals surface area contributed by atoms with Crippen LogP contribution in [0, 0.1) is 0 Å². The fraction of sp³-hybridized carbons (Fsp3) is 0.462. The largest absolute Gasteiger partial charge is 0.494 e. The van der Waals surface area contributed by atoms with E-state index in [-0.39, 0.29) is 18.5 Å². The van der Waals surface area contributed by atoms with Gasteiger partial charge in [0.25, 0.3) is 0 Å². The number of halogens is 1. The van der Waals surface area contributed by atoms with Crippen LogP contribution in [-0.4, -0.2) is 56.6 Å². The fourth-order valence-corrected chi connectivity index (χ4v) is 4.61. The number of nitrogens with zero attached hydrogens (tertiary/aromatic N) is 2. The topological polar surface area (TPSA) is 96.0 Å². The molecule has 198 valence electrons. The van der Waals surface area contributed by atoms with Crippen LogP contribution < -0.4 is 14.4 Å². The molecule has 0 unspecified atom stereocenters. The molecule has 2 aromatic carbocycles. The van der Waals surface area contributed by atoms with E-state index in [0.29, 0.717) is 29.5 Å². The summed E-state index contributed by atoms with van der Waals surface area (Å²) in [5.74, 6) is -0.172. The summed E-state index contributed by atoms with van der Waals surface area (Å²) in [6, 6.07) is 12.6. The second-order valence-corrected chi connectivity index (χ2v) is 10.9. The summed E-state index contributed by atoms with van der Waals surface area (Å²) in [6.45, 7) is 7.69. The van der Waals surface area contributed by atoms with E-state index in [0.717, 1.165) is 22.5 Å². The monoisotopic (exact) mass is 537 g/mol. The molecule has 0 saturated heterocycles. The second-order valence-electron chi connectivity index (χ2n) is 8.59. The number of rotatable bonds is 13. The quantitative estimate of drug-likeness (QED) is 0.412. The van der Waals surface area contributed by atoms with Crippen molar-refractivity contribution >= 4 is 39.1 Å². The van der Waals surface area contributed by atoms with Gasteiger partial charge in [-0.1, -0.05) is 37.6 Å². The van der Waals surface area contributed by atoms with Gasteiger partial charge in [-0.25, -0.2) is 8.42 Å². The molecule has 0 spiro atoms. The summed E-state index contributed by atoms with van der Waals surface area (Å²) in [7, 11) is -3.80. The highest BCUT2D eigenvalue weighted by molar-refractivity contribution is 7.92. The first-order valence-electron chi connectivity index (χ1n) is 12.0. The molecule has 2 amide bonds. The molecule has 2 aromatic rings. The summed E-state index contributed by atoms with van der Waals surface area (Å²) in [5, 5.41) is 3.50. The third kappa shape index (κ3) is 8.41. The van der Waals surface area contributed by atoms with Gasteiger partial charge < -0.3 is 15.0 Å². The lowest BCUT2D eigenvalue weighted by molar-refractivity contribution is -0.140. The van der Waals surface area contributed by atoms with Crippen molar-refractivity contribution in [1.29, 1.82) is 0 Å². The number of ether oxygens (including phenoxy) is 1. The Balaban J connectivity index is 2.41. The highest BCUT2D eigenvalue weighted by Crippen LogP contribution is 2.23. The first-order chi connectivity index (χ1) is 17.0. The molecule has 0 bridgehead atoms. The fourth-order valence-electron chi connectivity index (χ4n) is 3.64. The van der Waals surface area contributed by atoms with Crippen molar-refractivity contribution in [2.75, 3.05) is 23.7 Å². The van der Waals surface area contributed by atoms with E-state index in [9.17, 15) is 18.0 Å². The summed E-state index contributed by atoms with van der Waals surface area (Å²) in [4.78, 5) is 28.2. The second kappa shape index (κ2) is 13.5. The zero-order chi connectivity index (χ0) is 26.9. The number of carbonyl (C=O) groups excluding carboxylic acids is 2. The Morgan fingerprint density at radius 3 is 2.11 bits per heavy atom. The third-order valence-electron chi connectivity index (χ3n) is 5.77. The molecule has 0 aromatic heterocycles. The highest BCUT2D eigenvalue weighted by atomic mass is 35.5. The van der Waals surface area contributed by atoms with Gasteiger partial charge in [0.15, 0.2) is 0 Å². The van der Waals surface area contributed by atoms with Crippen LogP contribution in [-0.2, 0) is 26.2 Å². The van der Waals surface area contributed by atoms with Crippen molar-refractivity contribution < 1.29 is 22.7 Å². The van der Waals surface area contributed by atoms with Crippen LogP contribution in [0.2, 0.25) is 5.02 Å². The summed E-state index contributed by atoms with van der Waals surface area (Å²) in [6.07, 6.45) is 2.16. The van der Waals surface area contributed by atoms with Crippen molar-refractivity contribution in [1.82, 2.24) is 10.2 Å². The van der Waals surface area contributed by atoms with Gasteiger partial charge in [0.2, 0.25) is 21.8 Å². The van der Waals surface area contributed by atoms with Crippen LogP contribution in [0.4, 0.5) is 5.69 Å². The standard InChI is InChI=1S/C26H36ClN3O5S/c1-6-19(4)28-26(32)24(7-2)29(17-20-9-11-21(27)12-10-20)25(31)18-30(36(5,33)34)22-13-15-23(16-14-22)35-8-3/h9-16,19,24H,6-8,17-18H2,1-5H3,(H,28,32)/t19-,24-/m1/s1. The number of hydrogen-bond acceptors (Lipinski definition) is 5. The van der Waals surface area contributed by atoms with E-state index in [2.05, 4.69) is 5.32 Å². The van der Waals surface area contributed by atoms with Crippen LogP contribution >= 0.6 is 11.6 Å². The zero-order valence-electron chi connectivity index (χ0n) is 21.5. The van der Waals surface area contributed by atoms with Gasteiger partial charge in [0, 0.05) is 17.6 Å². The molecular weight excluding hydrogens is 502 g/mol. The van der Waals surface area contributed by atoms with E-state index >= 15 is 0 Å². The normalized spacial score (nSPS) is 12.9. The Bertz CT molecular complexity index is 1110. The van der Waals surface area contributed by atoms with Gasteiger partial charge in [0.05, 0.1) is 18.6 Å². The predicted octanol–water partition coefficient (Wildman–Crippen LogP) is 4.23. The first kappa shape index (κ1) is 29.5. The van der Waals surface area contributed by atoms with Gasteiger partial charge in [-0.2, -0.15) is 0 Å². The van der Waals surface area contributed by atoms with E-state index in [1.54, 1.807) is 48.5 Å². The van der Waals surface area contributed by atoms with Crippen LogP contribution in [0.3, 0.4) is 0 Å². The molecule has 2 rings (SSSR count). The minimum atomic E-state index is -3.80. The van der Waals surface area contributed by atoms with E-state index in [4.69, 9.17) is 16.3 Å². The highest BCUT2D eigenvalue weighted by Gasteiger charge is 2.32. The maximum absolute atomic E-state index is 13.7. The van der Waals surface area contributed by atoms with Crippen molar-refractivity contribution in [3.05, 3.63) is 59.1 Å². The van der Waals surface area contributed by atoms with Gasteiger partial charge >= 0.3 is 0 Å². The molecule has 0 aliphatic rings. The Morgan fingerprint density at radius 2 is 1.61 bits per heavy atom. The first-order valence-corrected chi connectivity index (χ1v) is 14.3. The maximum Gasteiger partial charge on any atom is 0.244 e. The molecule has 10 heteroatoms. The molecular formula is C26H36ClN3O5S. The smallest absolute Gasteiger partial charge is 0.244 e. The molecule has 0 radical (unpaired) electrons. The number of nitrogens with one attached hydrogen (secondary N) is 1. The molecule has 8 nitrogen and oxygen atoms in total. The van der Waals surface area contributed by atoms with Crippen LogP contribution in [0.15, 0.2) is 48.5 Å². The summed E-state index contributed by atoms with van der Waals surface area (Å²) >= 11 is 6.02. The van der Waals surface area contributed by atoms with Crippen molar-refractivity contribution in [3.63, 3.8) is 0 Å². The zero-order valence-corrected chi connectivity index (χ0v) is 23.1. The Labute approximate surface area is 219 Å². The molecule has 0 saturated carbocycles. The Morgan fingerprint density at radius 1 is 1.00 bits per heavy atom. The predicted molar refractivity (Wildman–Crippen MR) is 144 cm³/mol. The van der Waals surface area contributed by atoms with Crippen LogP contribution in [0.1, 0.15) is 46.1 Å². The molecule has 0 aliphatic heterocycles. The molecule has 36 heavy (non-hydrogen) atoms. The van der Waals surface area contributed by atoms with Gasteiger partial charge in [0.1, 0.15) is 18.3 Å². The summed E-state index contributed by atoms with van der Waals surface area (Å²) < 4.78 is 31.8. The van der Waals surface area contributed by atoms with Crippen molar-refractivity contribution in [2.24, 2.45) is 0 Å². The molecule has 1 N–H and O–H groups in total. The number of benzene rings is 2. The van der Waals surface area contributed by atoms with Gasteiger partial charge in [-0.05, 0) is 68.7 Å². The van der Waals surface area contributed by atoms with Crippen LogP contribution in [0.5, 0.6) is 5.75 Å². The lowest BCUT2D eigenvalue weighted by Gasteiger charge is -2.33. The summed E-state index contributed by atoms with van der Waals surface area (Å²) in [5.41, 5.74) is 1.10. The number of carbonyl (C=O) groups is 2. The van der Waals surface area contributed by atoms with E-state index < -0.39 is 28.5 Å². The minimum Gasteiger partial charge on any atom is -0.494 e. The van der Waals surface area contributed by atoms with Crippen LogP contribution in [0.25, 0.3) is 0 Å². The van der Waals surface area contributed by atoms with Gasteiger partial charge in [-0.15, -0.1) is 0 Å². The van der Waals surface area contributed by atoms with Crippen molar-refractivity contribution in [2.45, 2.75) is 59.2 Å². The lowest BCUT2D eigenvalue weighted by Crippen LogP contribution is -2.53. The number of hydrogen-bond donors (Lipinski definition) is 1. The van der Waals surface area contributed by atoms with E-state index in [1.807, 2.05) is 27.7 Å². The number of sulfonamides is 1. The Hall–Kier alpha value is -2.78. The van der Waals surface area contributed by atoms with E-state index in [1.165, 1.54) is 4.90 Å². The minimum absolute atomic E-state index is 0.0598. The average Bonchev–Trinajstić information content (AvgIpc) is 2.83. The number of anilines is 1. The Kier molecular flexibility index (Phi) is 11.0. The third-order valence-corrected chi connectivity index (χ3v) is 7.16. The average molecular weight is 538 g/mol. The van der Waals surface area contributed by atoms with Gasteiger partial charge in [-0.3, -0.25) is 13.9 Å². The SMILES string of the molecule is CCOc1ccc(N(CC(=O)N(Cc2ccc(Cl)cc2)[C@H](CC)C(=O)N[C@H](C)CC)S(C)(=O)=O)cc1. The van der Waals surface area contributed by atoms with Crippen molar-refractivity contribution in [3.8, 4) is 5.75 Å². The molecule has 0 fully saturated rings. The molecule has 0 heterocycles. The molecule has 2 atom stereocenters. The number of amides is 2.